The lowest BCUT2D eigenvalue weighted by molar-refractivity contribution is 0.251. The number of hydrogen-bond donors (Lipinski definition) is 1. The number of halogens is 3. The van der Waals surface area contributed by atoms with Crippen molar-refractivity contribution in [1.82, 2.24) is 4.13 Å². The van der Waals surface area contributed by atoms with E-state index in [0.29, 0.717) is 35.7 Å². The van der Waals surface area contributed by atoms with E-state index in [0.717, 1.165) is 11.1 Å². The van der Waals surface area contributed by atoms with E-state index in [1.807, 2.05) is 0 Å². The fourth-order valence-electron chi connectivity index (χ4n) is 2.19. The highest BCUT2D eigenvalue weighted by molar-refractivity contribution is 8.20. The average Bonchev–Trinajstić information content (AvgIpc) is 2.51. The highest BCUT2D eigenvalue weighted by atomic mass is 32.2. The van der Waals surface area contributed by atoms with Crippen molar-refractivity contribution in [3.05, 3.63) is 28.8 Å². The van der Waals surface area contributed by atoms with Gasteiger partial charge in [-0.15, -0.1) is 0 Å². The zero-order valence-electron chi connectivity index (χ0n) is 15.3. The van der Waals surface area contributed by atoms with Crippen LogP contribution in [0.1, 0.15) is 76.0 Å². The summed E-state index contributed by atoms with van der Waals surface area (Å²) in [5.74, 6) is -1.06. The summed E-state index contributed by atoms with van der Waals surface area (Å²) in [4.78, 5) is -1.52. The fourth-order valence-corrected chi connectivity index (χ4v) is 4.00. The minimum atomic E-state index is -2.59. The summed E-state index contributed by atoms with van der Waals surface area (Å²) in [5, 5.41) is 0. The van der Waals surface area contributed by atoms with Gasteiger partial charge in [0.1, 0.15) is 17.8 Å². The largest absolute Gasteiger partial charge is 0.421 e. The Bertz CT molecular complexity index is 513. The first-order valence-corrected chi connectivity index (χ1v) is 10.7. The second-order valence-corrected chi connectivity index (χ2v) is 9.51. The number of rotatable bonds is 10. The molecule has 25 heavy (non-hydrogen) atoms. The molecule has 0 saturated carbocycles. The summed E-state index contributed by atoms with van der Waals surface area (Å²) in [6.45, 7) is 12.6. The standard InChI is InChI=1S/C17H26F3NOS3/c1-9(2)12-7-13(10(3)4)15(14(8-12)11(5)6)22-25-17(20)24-21-23-16(18)19/h7-11,16-17,21H,1-6H3. The number of benzene rings is 1. The molecular weight excluding hydrogens is 387 g/mol. The fraction of sp³-hybridized carbons (Fsp3) is 0.647. The average molecular weight is 414 g/mol. The monoisotopic (exact) mass is 413 g/mol. The highest BCUT2D eigenvalue weighted by Crippen LogP contribution is 2.40. The van der Waals surface area contributed by atoms with Crippen molar-refractivity contribution in [3.8, 4) is 5.75 Å². The molecule has 0 aromatic heterocycles. The minimum absolute atomic E-state index is 0.173. The maximum absolute atomic E-state index is 13.9. The third kappa shape index (κ3) is 7.53. The van der Waals surface area contributed by atoms with Gasteiger partial charge in [0.15, 0.2) is 0 Å². The SMILES string of the molecule is CC(C)c1cc(C(C)C)c(OSC(F)SNSC(F)F)c(C(C)C)c1. The Kier molecular flexibility index (Phi) is 9.92. The first kappa shape index (κ1) is 22.9. The Hall–Kier alpha value is -0.180. The number of hydrogen-bond acceptors (Lipinski definition) is 5. The zero-order valence-corrected chi connectivity index (χ0v) is 17.8. The molecule has 1 atom stereocenters. The molecule has 0 fully saturated rings. The van der Waals surface area contributed by atoms with Gasteiger partial charge in [0, 0.05) is 11.9 Å². The summed E-state index contributed by atoms with van der Waals surface area (Å²) in [6.07, 6.45) is 0. The molecule has 0 spiro atoms. The predicted octanol–water partition coefficient (Wildman–Crippen LogP) is 7.45. The van der Waals surface area contributed by atoms with Gasteiger partial charge < -0.3 is 4.18 Å². The minimum Gasteiger partial charge on any atom is -0.421 e. The van der Waals surface area contributed by atoms with E-state index in [2.05, 4.69) is 57.8 Å². The van der Waals surface area contributed by atoms with Crippen LogP contribution in [0.2, 0.25) is 0 Å². The van der Waals surface area contributed by atoms with Gasteiger partial charge in [-0.2, -0.15) is 12.9 Å². The summed E-state index contributed by atoms with van der Waals surface area (Å²) < 4.78 is 45.9. The molecule has 0 heterocycles. The molecular formula is C17H26F3NOS3. The van der Waals surface area contributed by atoms with E-state index in [9.17, 15) is 13.2 Å². The van der Waals surface area contributed by atoms with Crippen LogP contribution in [0.25, 0.3) is 0 Å². The van der Waals surface area contributed by atoms with Crippen molar-refractivity contribution >= 4 is 35.9 Å². The molecule has 0 bridgehead atoms. The molecule has 144 valence electrons. The Labute approximate surface area is 161 Å². The van der Waals surface area contributed by atoms with E-state index in [4.69, 9.17) is 4.18 Å². The molecule has 2 nitrogen and oxygen atoms in total. The van der Waals surface area contributed by atoms with Crippen LogP contribution in [0.4, 0.5) is 13.2 Å². The van der Waals surface area contributed by atoms with Gasteiger partial charge in [0.25, 0.3) is 5.76 Å². The van der Waals surface area contributed by atoms with Crippen LogP contribution in [0, 0.1) is 0 Å². The molecule has 1 N–H and O–H groups in total. The lowest BCUT2D eigenvalue weighted by atomic mass is 9.88. The number of nitrogens with one attached hydrogen (secondary N) is 1. The van der Waals surface area contributed by atoms with E-state index < -0.39 is 10.6 Å². The topological polar surface area (TPSA) is 21.3 Å². The molecule has 1 rings (SSSR count). The summed E-state index contributed by atoms with van der Waals surface area (Å²) in [7, 11) is 0. The second kappa shape index (κ2) is 10.8. The van der Waals surface area contributed by atoms with Crippen molar-refractivity contribution in [2.75, 3.05) is 0 Å². The summed E-state index contributed by atoms with van der Waals surface area (Å²) in [6, 6.07) is 4.23. The second-order valence-electron chi connectivity index (χ2n) is 6.53. The summed E-state index contributed by atoms with van der Waals surface area (Å²) in [5.41, 5.74) is 3.30. The Morgan fingerprint density at radius 2 is 1.36 bits per heavy atom. The van der Waals surface area contributed by atoms with Crippen molar-refractivity contribution in [2.24, 2.45) is 0 Å². The first-order valence-electron chi connectivity index (χ1n) is 8.13. The van der Waals surface area contributed by atoms with Crippen LogP contribution in [-0.4, -0.2) is 10.6 Å². The molecule has 0 saturated heterocycles. The van der Waals surface area contributed by atoms with Crippen molar-refractivity contribution in [1.29, 1.82) is 0 Å². The van der Waals surface area contributed by atoms with Gasteiger partial charge in [0.2, 0.25) is 4.84 Å². The van der Waals surface area contributed by atoms with E-state index in [1.165, 1.54) is 5.56 Å². The molecule has 1 aromatic carbocycles. The van der Waals surface area contributed by atoms with Crippen LogP contribution in [-0.2, 0) is 0 Å². The first-order chi connectivity index (χ1) is 11.6. The van der Waals surface area contributed by atoms with Crippen LogP contribution < -0.4 is 8.31 Å². The third-order valence-corrected chi connectivity index (χ3v) is 5.64. The zero-order chi connectivity index (χ0) is 19.1. The van der Waals surface area contributed by atoms with Crippen LogP contribution >= 0.6 is 35.9 Å². The van der Waals surface area contributed by atoms with Crippen LogP contribution in [0.3, 0.4) is 0 Å². The normalized spacial score (nSPS) is 13.3. The van der Waals surface area contributed by atoms with E-state index in [1.54, 1.807) is 0 Å². The predicted molar refractivity (Wildman–Crippen MR) is 106 cm³/mol. The molecule has 0 aliphatic heterocycles. The molecule has 0 aliphatic rings. The molecule has 1 unspecified atom stereocenters. The van der Waals surface area contributed by atoms with Gasteiger partial charge in [-0.05, 0) is 46.4 Å². The number of alkyl halides is 3. The van der Waals surface area contributed by atoms with Gasteiger partial charge in [0.05, 0.1) is 0 Å². The maximum Gasteiger partial charge on any atom is 0.298 e. The van der Waals surface area contributed by atoms with Crippen molar-refractivity contribution in [2.45, 2.75) is 69.9 Å². The van der Waals surface area contributed by atoms with E-state index in [-0.39, 0.29) is 23.8 Å². The van der Waals surface area contributed by atoms with Crippen molar-refractivity contribution in [3.63, 3.8) is 0 Å². The Balaban J connectivity index is 2.96. The lowest BCUT2D eigenvalue weighted by Gasteiger charge is -2.22. The molecule has 0 aliphatic carbocycles. The lowest BCUT2D eigenvalue weighted by Crippen LogP contribution is -2.06. The quantitative estimate of drug-likeness (QED) is 0.244. The molecule has 8 heteroatoms. The van der Waals surface area contributed by atoms with Gasteiger partial charge in [-0.25, -0.2) is 4.39 Å². The van der Waals surface area contributed by atoms with Crippen molar-refractivity contribution < 1.29 is 17.4 Å². The maximum atomic E-state index is 13.9. The smallest absolute Gasteiger partial charge is 0.298 e. The van der Waals surface area contributed by atoms with Crippen LogP contribution in [0.5, 0.6) is 5.75 Å². The Morgan fingerprint density at radius 3 is 1.76 bits per heavy atom. The third-order valence-electron chi connectivity index (χ3n) is 3.56. The van der Waals surface area contributed by atoms with Gasteiger partial charge >= 0.3 is 0 Å². The highest BCUT2D eigenvalue weighted by Gasteiger charge is 2.21. The van der Waals surface area contributed by atoms with E-state index >= 15 is 0 Å². The molecule has 0 amide bonds. The van der Waals surface area contributed by atoms with Gasteiger partial charge in [-0.1, -0.05) is 53.7 Å². The van der Waals surface area contributed by atoms with Crippen LogP contribution in [0.15, 0.2) is 12.1 Å². The molecule has 0 radical (unpaired) electrons. The van der Waals surface area contributed by atoms with Gasteiger partial charge in [-0.3, -0.25) is 0 Å². The molecule has 1 aromatic rings. The summed E-state index contributed by atoms with van der Waals surface area (Å²) >= 11 is 1.37. The Morgan fingerprint density at radius 1 is 0.840 bits per heavy atom.